The minimum absolute atomic E-state index is 0.0467. The molecule has 0 atom stereocenters. The Morgan fingerprint density at radius 3 is 2.55 bits per heavy atom. The Morgan fingerprint density at radius 1 is 1.45 bits per heavy atom. The van der Waals surface area contributed by atoms with E-state index in [9.17, 15) is 0 Å². The third-order valence-electron chi connectivity index (χ3n) is 1.17. The molecule has 0 unspecified atom stereocenters. The first-order valence-corrected chi connectivity index (χ1v) is 4.36. The van der Waals surface area contributed by atoms with Crippen LogP contribution in [-0.4, -0.2) is 5.84 Å². The van der Waals surface area contributed by atoms with Gasteiger partial charge in [-0.15, -0.1) is 0 Å². The monoisotopic (exact) mass is 280 g/mol. The normalized spacial score (nSPS) is 9.64. The zero-order chi connectivity index (χ0) is 8.43. The second kappa shape index (κ2) is 3.40. The second-order valence-corrected chi connectivity index (χ2v) is 3.75. The molecule has 0 amide bonds. The SMILES string of the molecule is N=C(N)c1cc(Cl)cc(I)c1. The molecule has 0 aliphatic rings. The van der Waals surface area contributed by atoms with Gasteiger partial charge in [-0.25, -0.2) is 0 Å². The molecule has 0 fully saturated rings. The van der Waals surface area contributed by atoms with Crippen molar-refractivity contribution in [3.8, 4) is 0 Å². The molecule has 0 radical (unpaired) electrons. The average Bonchev–Trinajstić information content (AvgIpc) is 1.85. The smallest absolute Gasteiger partial charge is 0.122 e. The third kappa shape index (κ3) is 2.34. The van der Waals surface area contributed by atoms with Crippen molar-refractivity contribution in [2.24, 2.45) is 5.73 Å². The van der Waals surface area contributed by atoms with E-state index in [0.717, 1.165) is 3.57 Å². The van der Waals surface area contributed by atoms with Crippen molar-refractivity contribution in [1.29, 1.82) is 5.41 Å². The number of nitrogens with one attached hydrogen (secondary N) is 1. The van der Waals surface area contributed by atoms with Gasteiger partial charge < -0.3 is 5.73 Å². The van der Waals surface area contributed by atoms with Gasteiger partial charge in [0.05, 0.1) is 0 Å². The third-order valence-corrected chi connectivity index (χ3v) is 2.01. The highest BCUT2D eigenvalue weighted by Crippen LogP contribution is 2.15. The first-order chi connectivity index (χ1) is 5.09. The van der Waals surface area contributed by atoms with Crippen molar-refractivity contribution in [2.75, 3.05) is 0 Å². The van der Waals surface area contributed by atoms with Gasteiger partial charge in [-0.1, -0.05) is 11.6 Å². The summed E-state index contributed by atoms with van der Waals surface area (Å²) in [6, 6.07) is 5.30. The molecule has 0 bridgehead atoms. The molecule has 2 nitrogen and oxygen atoms in total. The molecule has 11 heavy (non-hydrogen) atoms. The van der Waals surface area contributed by atoms with Gasteiger partial charge in [0.2, 0.25) is 0 Å². The van der Waals surface area contributed by atoms with Crippen LogP contribution in [-0.2, 0) is 0 Å². The van der Waals surface area contributed by atoms with Crippen LogP contribution in [0.3, 0.4) is 0 Å². The Hall–Kier alpha value is -0.290. The van der Waals surface area contributed by atoms with Crippen molar-refractivity contribution < 1.29 is 0 Å². The topological polar surface area (TPSA) is 49.9 Å². The predicted octanol–water partition coefficient (Wildman–Crippen LogP) is 2.23. The highest BCUT2D eigenvalue weighted by Gasteiger charge is 1.98. The summed E-state index contributed by atoms with van der Waals surface area (Å²) in [7, 11) is 0. The van der Waals surface area contributed by atoms with Gasteiger partial charge in [-0.3, -0.25) is 5.41 Å². The number of rotatable bonds is 1. The first-order valence-electron chi connectivity index (χ1n) is 2.90. The van der Waals surface area contributed by atoms with E-state index in [1.165, 1.54) is 0 Å². The Labute approximate surface area is 83.4 Å². The molecule has 0 saturated carbocycles. The van der Waals surface area contributed by atoms with E-state index >= 15 is 0 Å². The summed E-state index contributed by atoms with van der Waals surface area (Å²) in [5, 5.41) is 7.76. The van der Waals surface area contributed by atoms with Crippen molar-refractivity contribution in [3.05, 3.63) is 32.4 Å². The summed E-state index contributed by atoms with van der Waals surface area (Å²) in [5.74, 6) is 0.0467. The standard InChI is InChI=1S/C7H6ClIN2/c8-5-1-4(7(10)11)2-6(9)3-5/h1-3H,(H3,10,11). The van der Waals surface area contributed by atoms with Crippen LogP contribution in [0.1, 0.15) is 5.56 Å². The van der Waals surface area contributed by atoms with Crippen LogP contribution in [0.25, 0.3) is 0 Å². The molecule has 58 valence electrons. The number of nitrogens with two attached hydrogens (primary N) is 1. The summed E-state index contributed by atoms with van der Waals surface area (Å²) in [5.41, 5.74) is 5.94. The summed E-state index contributed by atoms with van der Waals surface area (Å²) < 4.78 is 0.986. The van der Waals surface area contributed by atoms with Gasteiger partial charge >= 0.3 is 0 Å². The summed E-state index contributed by atoms with van der Waals surface area (Å²) in [6.07, 6.45) is 0. The number of hydrogen-bond acceptors (Lipinski definition) is 1. The van der Waals surface area contributed by atoms with E-state index in [1.54, 1.807) is 6.07 Å². The predicted molar refractivity (Wildman–Crippen MR) is 55.2 cm³/mol. The van der Waals surface area contributed by atoms with E-state index in [4.69, 9.17) is 22.7 Å². The Morgan fingerprint density at radius 2 is 2.09 bits per heavy atom. The molecule has 0 aliphatic carbocycles. The number of hydrogen-bond donors (Lipinski definition) is 2. The molecule has 0 saturated heterocycles. The number of amidine groups is 1. The fourth-order valence-electron chi connectivity index (χ4n) is 0.709. The lowest BCUT2D eigenvalue weighted by Gasteiger charge is -1.99. The molecular weight excluding hydrogens is 274 g/mol. The Balaban J connectivity index is 3.19. The van der Waals surface area contributed by atoms with Crippen LogP contribution in [0, 0.1) is 8.98 Å². The minimum atomic E-state index is 0.0467. The largest absolute Gasteiger partial charge is 0.384 e. The quantitative estimate of drug-likeness (QED) is 0.462. The zero-order valence-electron chi connectivity index (χ0n) is 5.57. The Bertz CT molecular complexity index is 278. The Kier molecular flexibility index (Phi) is 2.72. The molecule has 0 aliphatic heterocycles. The molecule has 1 rings (SSSR count). The molecule has 1 aromatic carbocycles. The maximum atomic E-state index is 7.14. The molecule has 0 heterocycles. The lowest BCUT2D eigenvalue weighted by Crippen LogP contribution is -2.10. The zero-order valence-corrected chi connectivity index (χ0v) is 8.48. The fourth-order valence-corrected chi connectivity index (χ4v) is 1.80. The first kappa shape index (κ1) is 8.80. The van der Waals surface area contributed by atoms with E-state index in [0.29, 0.717) is 10.6 Å². The van der Waals surface area contributed by atoms with Crippen molar-refractivity contribution in [3.63, 3.8) is 0 Å². The lowest BCUT2D eigenvalue weighted by molar-refractivity contribution is 1.42. The average molecular weight is 280 g/mol. The van der Waals surface area contributed by atoms with Crippen molar-refractivity contribution in [1.82, 2.24) is 0 Å². The molecule has 0 spiro atoms. The van der Waals surface area contributed by atoms with Gasteiger partial charge in [0.15, 0.2) is 0 Å². The maximum absolute atomic E-state index is 7.14. The second-order valence-electron chi connectivity index (χ2n) is 2.07. The van der Waals surface area contributed by atoms with Crippen LogP contribution in [0.5, 0.6) is 0 Å². The molecule has 1 aromatic rings. The van der Waals surface area contributed by atoms with Gasteiger partial charge in [-0.05, 0) is 40.8 Å². The van der Waals surface area contributed by atoms with Gasteiger partial charge in [0, 0.05) is 14.2 Å². The molecular formula is C7H6ClIN2. The van der Waals surface area contributed by atoms with Crippen molar-refractivity contribution in [2.45, 2.75) is 0 Å². The highest BCUT2D eigenvalue weighted by molar-refractivity contribution is 14.1. The number of nitrogen functional groups attached to an aromatic ring is 1. The number of benzene rings is 1. The molecule has 0 aromatic heterocycles. The molecule has 4 heteroatoms. The minimum Gasteiger partial charge on any atom is -0.384 e. The molecule has 3 N–H and O–H groups in total. The highest BCUT2D eigenvalue weighted by atomic mass is 127. The summed E-state index contributed by atoms with van der Waals surface area (Å²) in [4.78, 5) is 0. The fraction of sp³-hybridized carbons (Fsp3) is 0. The summed E-state index contributed by atoms with van der Waals surface area (Å²) >= 11 is 7.86. The van der Waals surface area contributed by atoms with Gasteiger partial charge in [0.25, 0.3) is 0 Å². The van der Waals surface area contributed by atoms with Crippen LogP contribution in [0.4, 0.5) is 0 Å². The van der Waals surface area contributed by atoms with Crippen LogP contribution in [0.15, 0.2) is 18.2 Å². The van der Waals surface area contributed by atoms with Gasteiger partial charge in [0.1, 0.15) is 5.84 Å². The maximum Gasteiger partial charge on any atom is 0.122 e. The summed E-state index contributed by atoms with van der Waals surface area (Å²) in [6.45, 7) is 0. The van der Waals surface area contributed by atoms with E-state index in [1.807, 2.05) is 12.1 Å². The van der Waals surface area contributed by atoms with Gasteiger partial charge in [-0.2, -0.15) is 0 Å². The van der Waals surface area contributed by atoms with Crippen molar-refractivity contribution >= 4 is 40.0 Å². The van der Waals surface area contributed by atoms with E-state index in [-0.39, 0.29) is 5.84 Å². The van der Waals surface area contributed by atoms with Crippen LogP contribution >= 0.6 is 34.2 Å². The van der Waals surface area contributed by atoms with E-state index in [2.05, 4.69) is 22.6 Å². The van der Waals surface area contributed by atoms with Crippen LogP contribution < -0.4 is 5.73 Å². The van der Waals surface area contributed by atoms with Crippen LogP contribution in [0.2, 0.25) is 5.02 Å². The number of halogens is 2. The van der Waals surface area contributed by atoms with E-state index < -0.39 is 0 Å². The lowest BCUT2D eigenvalue weighted by atomic mass is 10.2.